The topological polar surface area (TPSA) is 58.6 Å². The summed E-state index contributed by atoms with van der Waals surface area (Å²) in [4.78, 5) is 25.1. The Kier molecular flexibility index (Phi) is 8.98. The fourth-order valence-electron chi connectivity index (χ4n) is 2.35. The lowest BCUT2D eigenvalue weighted by Gasteiger charge is -2.21. The molecule has 0 aliphatic carbocycles. The Labute approximate surface area is 139 Å². The maximum absolute atomic E-state index is 12.2. The van der Waals surface area contributed by atoms with Crippen LogP contribution >= 0.6 is 0 Å². The monoisotopic (exact) mass is 320 g/mol. The van der Waals surface area contributed by atoms with Gasteiger partial charge in [-0.3, -0.25) is 14.5 Å². The molecule has 5 nitrogen and oxygen atoms in total. The second-order valence-electron chi connectivity index (χ2n) is 5.69. The van der Waals surface area contributed by atoms with Crippen LogP contribution in [0.5, 0.6) is 0 Å². The van der Waals surface area contributed by atoms with Gasteiger partial charge in [0.05, 0.1) is 13.2 Å². The number of amides is 1. The van der Waals surface area contributed by atoms with E-state index in [0.717, 1.165) is 43.6 Å². The Morgan fingerprint density at radius 2 is 1.91 bits per heavy atom. The fraction of sp³-hybridized carbons (Fsp3) is 0.556. The van der Waals surface area contributed by atoms with Gasteiger partial charge in [-0.2, -0.15) is 0 Å². The molecule has 0 atom stereocenters. The number of benzene rings is 1. The molecule has 0 unspecified atom stereocenters. The fourth-order valence-corrected chi connectivity index (χ4v) is 2.35. The number of anilines is 1. The Morgan fingerprint density at radius 3 is 2.57 bits per heavy atom. The van der Waals surface area contributed by atoms with E-state index in [4.69, 9.17) is 4.74 Å². The van der Waals surface area contributed by atoms with Crippen LogP contribution in [0.2, 0.25) is 0 Å². The van der Waals surface area contributed by atoms with Gasteiger partial charge in [0.25, 0.3) is 0 Å². The predicted octanol–water partition coefficient (Wildman–Crippen LogP) is 2.99. The number of nitrogens with one attached hydrogen (secondary N) is 1. The zero-order valence-corrected chi connectivity index (χ0v) is 14.4. The minimum absolute atomic E-state index is 0.00716. The van der Waals surface area contributed by atoms with E-state index in [-0.39, 0.29) is 11.9 Å². The number of carbonyl (C=O) groups excluding carboxylic acids is 2. The van der Waals surface area contributed by atoms with Gasteiger partial charge < -0.3 is 10.1 Å². The molecule has 1 rings (SSSR count). The molecule has 0 saturated carbocycles. The number of hydrogen-bond acceptors (Lipinski definition) is 4. The van der Waals surface area contributed by atoms with Crippen LogP contribution in [0.15, 0.2) is 24.3 Å². The van der Waals surface area contributed by atoms with Crippen molar-refractivity contribution in [1.29, 1.82) is 0 Å². The molecule has 0 fully saturated rings. The number of aryl methyl sites for hydroxylation is 1. The SMILES string of the molecule is CCCN(CCCCOC(C)=O)CC(=O)Nc1ccccc1C. The molecular formula is C18H28N2O3. The normalized spacial score (nSPS) is 10.6. The summed E-state index contributed by atoms with van der Waals surface area (Å²) in [6.45, 7) is 8.05. The largest absolute Gasteiger partial charge is 0.466 e. The summed E-state index contributed by atoms with van der Waals surface area (Å²) in [5, 5.41) is 2.97. The van der Waals surface area contributed by atoms with Crippen molar-refractivity contribution in [1.82, 2.24) is 4.90 Å². The molecule has 0 aliphatic rings. The lowest BCUT2D eigenvalue weighted by molar-refractivity contribution is -0.141. The third-order valence-electron chi connectivity index (χ3n) is 3.50. The first-order valence-corrected chi connectivity index (χ1v) is 8.24. The van der Waals surface area contributed by atoms with Crippen molar-refractivity contribution in [3.8, 4) is 0 Å². The van der Waals surface area contributed by atoms with Crippen molar-refractivity contribution < 1.29 is 14.3 Å². The van der Waals surface area contributed by atoms with Gasteiger partial charge in [0, 0.05) is 12.6 Å². The van der Waals surface area contributed by atoms with Crippen molar-refractivity contribution in [3.63, 3.8) is 0 Å². The van der Waals surface area contributed by atoms with E-state index >= 15 is 0 Å². The number of rotatable bonds is 10. The second kappa shape index (κ2) is 10.8. The van der Waals surface area contributed by atoms with E-state index < -0.39 is 0 Å². The number of carbonyl (C=O) groups is 2. The molecule has 0 aliphatic heterocycles. The van der Waals surface area contributed by atoms with Crippen LogP contribution in [-0.2, 0) is 14.3 Å². The molecule has 0 bridgehead atoms. The number of esters is 1. The summed E-state index contributed by atoms with van der Waals surface area (Å²) in [6, 6.07) is 7.77. The van der Waals surface area contributed by atoms with Crippen LogP contribution in [0.25, 0.3) is 0 Å². The van der Waals surface area contributed by atoms with E-state index in [1.54, 1.807) is 0 Å². The van der Waals surface area contributed by atoms with Crippen molar-refractivity contribution in [3.05, 3.63) is 29.8 Å². The van der Waals surface area contributed by atoms with Gasteiger partial charge in [0.15, 0.2) is 0 Å². The maximum Gasteiger partial charge on any atom is 0.302 e. The number of hydrogen-bond donors (Lipinski definition) is 1. The Hall–Kier alpha value is -1.88. The van der Waals surface area contributed by atoms with Crippen molar-refractivity contribution in [2.75, 3.05) is 31.6 Å². The molecule has 1 amide bonds. The summed E-state index contributed by atoms with van der Waals surface area (Å²) in [6.07, 6.45) is 2.73. The summed E-state index contributed by atoms with van der Waals surface area (Å²) >= 11 is 0. The highest BCUT2D eigenvalue weighted by Crippen LogP contribution is 2.13. The Bertz CT molecular complexity index is 503. The molecular weight excluding hydrogens is 292 g/mol. The number of para-hydroxylation sites is 1. The third-order valence-corrected chi connectivity index (χ3v) is 3.50. The highest BCUT2D eigenvalue weighted by atomic mass is 16.5. The second-order valence-corrected chi connectivity index (χ2v) is 5.69. The van der Waals surface area contributed by atoms with E-state index in [2.05, 4.69) is 17.1 Å². The van der Waals surface area contributed by atoms with Crippen LogP contribution < -0.4 is 5.32 Å². The average Bonchev–Trinajstić information content (AvgIpc) is 2.49. The molecule has 0 spiro atoms. The van der Waals surface area contributed by atoms with Gasteiger partial charge in [0.2, 0.25) is 5.91 Å². The summed E-state index contributed by atoms with van der Waals surface area (Å²) in [5.41, 5.74) is 1.92. The standard InChI is InChI=1S/C18H28N2O3/c1-4-11-20(12-7-8-13-23-16(3)21)14-18(22)19-17-10-6-5-9-15(17)2/h5-6,9-10H,4,7-8,11-14H2,1-3H3,(H,19,22). The van der Waals surface area contributed by atoms with Crippen LogP contribution in [-0.4, -0.2) is 43.0 Å². The predicted molar refractivity (Wildman–Crippen MR) is 92.4 cm³/mol. The van der Waals surface area contributed by atoms with Gasteiger partial charge in [-0.1, -0.05) is 25.1 Å². The first-order valence-electron chi connectivity index (χ1n) is 8.24. The molecule has 1 N–H and O–H groups in total. The highest BCUT2D eigenvalue weighted by molar-refractivity contribution is 5.92. The average molecular weight is 320 g/mol. The van der Waals surface area contributed by atoms with Gasteiger partial charge in [-0.25, -0.2) is 0 Å². The first-order chi connectivity index (χ1) is 11.0. The summed E-state index contributed by atoms with van der Waals surface area (Å²) < 4.78 is 4.92. The van der Waals surface area contributed by atoms with E-state index in [1.807, 2.05) is 31.2 Å². The van der Waals surface area contributed by atoms with Crippen LogP contribution in [0.3, 0.4) is 0 Å². The summed E-state index contributed by atoms with van der Waals surface area (Å²) in [5.74, 6) is -0.235. The molecule has 5 heteroatoms. The van der Waals surface area contributed by atoms with Gasteiger partial charge >= 0.3 is 5.97 Å². The Morgan fingerprint density at radius 1 is 1.17 bits per heavy atom. The number of nitrogens with zero attached hydrogens (tertiary/aromatic N) is 1. The quantitative estimate of drug-likeness (QED) is 0.532. The molecule has 128 valence electrons. The number of ether oxygens (including phenoxy) is 1. The molecule has 23 heavy (non-hydrogen) atoms. The summed E-state index contributed by atoms with van der Waals surface area (Å²) in [7, 11) is 0. The lowest BCUT2D eigenvalue weighted by atomic mass is 10.2. The molecule has 1 aromatic rings. The molecule has 0 aromatic heterocycles. The third kappa shape index (κ3) is 8.35. The highest BCUT2D eigenvalue weighted by Gasteiger charge is 2.11. The van der Waals surface area contributed by atoms with Crippen molar-refractivity contribution in [2.24, 2.45) is 0 Å². The van der Waals surface area contributed by atoms with Crippen molar-refractivity contribution in [2.45, 2.75) is 40.0 Å². The Balaban J connectivity index is 2.37. The van der Waals surface area contributed by atoms with Crippen LogP contribution in [0, 0.1) is 6.92 Å². The smallest absolute Gasteiger partial charge is 0.302 e. The maximum atomic E-state index is 12.2. The van der Waals surface area contributed by atoms with Crippen LogP contribution in [0.4, 0.5) is 5.69 Å². The molecule has 0 saturated heterocycles. The minimum atomic E-state index is -0.243. The van der Waals surface area contributed by atoms with Crippen LogP contribution in [0.1, 0.15) is 38.7 Å². The van der Waals surface area contributed by atoms with Gasteiger partial charge in [0.1, 0.15) is 0 Å². The van der Waals surface area contributed by atoms with Crippen molar-refractivity contribution >= 4 is 17.6 Å². The van der Waals surface area contributed by atoms with Gasteiger partial charge in [-0.15, -0.1) is 0 Å². The molecule has 1 aromatic carbocycles. The van der Waals surface area contributed by atoms with E-state index in [9.17, 15) is 9.59 Å². The lowest BCUT2D eigenvalue weighted by Crippen LogP contribution is -2.34. The van der Waals surface area contributed by atoms with E-state index in [0.29, 0.717) is 13.2 Å². The molecule has 0 radical (unpaired) electrons. The minimum Gasteiger partial charge on any atom is -0.466 e. The van der Waals surface area contributed by atoms with Gasteiger partial charge in [-0.05, 0) is 50.9 Å². The zero-order valence-electron chi connectivity index (χ0n) is 14.4. The first kappa shape index (κ1) is 19.2. The van der Waals surface area contributed by atoms with E-state index in [1.165, 1.54) is 6.92 Å². The number of unbranched alkanes of at least 4 members (excludes halogenated alkanes) is 1. The molecule has 0 heterocycles. The zero-order chi connectivity index (χ0) is 17.1.